The third kappa shape index (κ3) is 8.51. The van der Waals surface area contributed by atoms with E-state index < -0.39 is 0 Å². The lowest BCUT2D eigenvalue weighted by Crippen LogP contribution is -2.61. The van der Waals surface area contributed by atoms with Crippen LogP contribution in [0.4, 0.5) is 0 Å². The van der Waals surface area contributed by atoms with Gasteiger partial charge in [0.05, 0.1) is 0 Å². The fourth-order valence-corrected chi connectivity index (χ4v) is 6.03. The molecule has 0 aromatic heterocycles. The molecule has 1 fully saturated rings. The number of rotatable bonds is 15. The lowest BCUT2D eigenvalue weighted by Gasteiger charge is -2.50. The maximum Gasteiger partial charge on any atom is 0.0420 e. The van der Waals surface area contributed by atoms with Crippen molar-refractivity contribution in [3.63, 3.8) is 0 Å². The molecule has 4 rings (SSSR count). The average molecular weight is 499 g/mol. The molecule has 3 aromatic rings. The van der Waals surface area contributed by atoms with E-state index in [0.29, 0.717) is 12.6 Å². The second kappa shape index (κ2) is 15.0. The van der Waals surface area contributed by atoms with Gasteiger partial charge in [-0.25, -0.2) is 0 Å². The van der Waals surface area contributed by atoms with Crippen LogP contribution >= 0.6 is 0 Å². The van der Waals surface area contributed by atoms with Crippen molar-refractivity contribution >= 4 is 0 Å². The van der Waals surface area contributed by atoms with Gasteiger partial charge in [0.2, 0.25) is 0 Å². The Bertz CT molecular complexity index is 945. The van der Waals surface area contributed by atoms with Crippen molar-refractivity contribution in [2.45, 2.75) is 63.1 Å². The third-order valence-electron chi connectivity index (χ3n) is 7.83. The normalized spacial score (nSPS) is 14.8. The van der Waals surface area contributed by atoms with E-state index in [2.05, 4.69) is 107 Å². The zero-order valence-corrected chi connectivity index (χ0v) is 22.5. The van der Waals surface area contributed by atoms with E-state index in [4.69, 9.17) is 5.73 Å². The Hall–Kier alpha value is -2.50. The highest BCUT2D eigenvalue weighted by molar-refractivity contribution is 5.25. The van der Waals surface area contributed by atoms with Gasteiger partial charge in [-0.2, -0.15) is 0 Å². The Kier molecular flexibility index (Phi) is 11.2. The van der Waals surface area contributed by atoms with E-state index in [0.717, 1.165) is 45.6 Å². The van der Waals surface area contributed by atoms with E-state index in [1.54, 1.807) is 0 Å². The molecule has 1 saturated carbocycles. The summed E-state index contributed by atoms with van der Waals surface area (Å²) in [5.41, 5.74) is 9.87. The van der Waals surface area contributed by atoms with Gasteiger partial charge in [-0.05, 0) is 42.4 Å². The Labute approximate surface area is 224 Å². The van der Waals surface area contributed by atoms with Gasteiger partial charge in [0.1, 0.15) is 0 Å². The highest BCUT2D eigenvalue weighted by Gasteiger charge is 2.41. The molecule has 0 unspecified atom stereocenters. The van der Waals surface area contributed by atoms with Gasteiger partial charge in [0.25, 0.3) is 0 Å². The number of hydrogen-bond donors (Lipinski definition) is 3. The number of benzene rings is 3. The summed E-state index contributed by atoms with van der Waals surface area (Å²) in [5.74, 6) is 0. The summed E-state index contributed by atoms with van der Waals surface area (Å²) in [5, 5.41) is 7.34. The number of hydrogen-bond acceptors (Lipinski definition) is 4. The first-order valence-corrected chi connectivity index (χ1v) is 14.3. The standard InChI is InChI=1S/C33H46N4/c34-21-22-35-23-24-36-28-33(25-29-13-5-1-6-14-29,26-30-15-7-2-8-16-30)37(32-19-11-4-12-20-32)27-31-17-9-3-10-18-31/h1-3,5-10,13-18,32,35-36H,4,11-12,19-28,34H2. The maximum absolute atomic E-state index is 5.69. The van der Waals surface area contributed by atoms with E-state index in [1.807, 2.05) is 0 Å². The van der Waals surface area contributed by atoms with Crippen molar-refractivity contribution < 1.29 is 0 Å². The van der Waals surface area contributed by atoms with Crippen LogP contribution in [-0.2, 0) is 19.4 Å². The fourth-order valence-electron chi connectivity index (χ4n) is 6.03. The first-order valence-electron chi connectivity index (χ1n) is 14.3. The van der Waals surface area contributed by atoms with Gasteiger partial charge in [-0.3, -0.25) is 4.90 Å². The van der Waals surface area contributed by atoms with E-state index >= 15 is 0 Å². The minimum absolute atomic E-state index is 0.0472. The topological polar surface area (TPSA) is 53.3 Å². The molecular weight excluding hydrogens is 452 g/mol. The van der Waals surface area contributed by atoms with Crippen molar-refractivity contribution in [3.05, 3.63) is 108 Å². The summed E-state index contributed by atoms with van der Waals surface area (Å²) in [6.07, 6.45) is 8.65. The Morgan fingerprint density at radius 3 is 1.70 bits per heavy atom. The molecule has 0 bridgehead atoms. The van der Waals surface area contributed by atoms with Crippen LogP contribution in [0.3, 0.4) is 0 Å². The Balaban J connectivity index is 1.71. The fraction of sp³-hybridized carbons (Fsp3) is 0.455. The molecule has 1 aliphatic rings. The molecule has 0 amide bonds. The monoisotopic (exact) mass is 498 g/mol. The molecule has 0 radical (unpaired) electrons. The van der Waals surface area contributed by atoms with Gasteiger partial charge in [-0.1, -0.05) is 110 Å². The summed E-state index contributed by atoms with van der Waals surface area (Å²) < 4.78 is 0. The van der Waals surface area contributed by atoms with Gasteiger partial charge in [0.15, 0.2) is 0 Å². The second-order valence-electron chi connectivity index (χ2n) is 10.7. The number of nitrogens with two attached hydrogens (primary N) is 1. The molecule has 4 nitrogen and oxygen atoms in total. The third-order valence-corrected chi connectivity index (χ3v) is 7.83. The molecule has 3 aromatic carbocycles. The van der Waals surface area contributed by atoms with Gasteiger partial charge in [0, 0.05) is 50.8 Å². The molecule has 0 spiro atoms. The Morgan fingerprint density at radius 2 is 1.16 bits per heavy atom. The summed E-state index contributed by atoms with van der Waals surface area (Å²) >= 11 is 0. The average Bonchev–Trinajstić information content (AvgIpc) is 2.95. The first kappa shape index (κ1) is 27.5. The van der Waals surface area contributed by atoms with Gasteiger partial charge >= 0.3 is 0 Å². The van der Waals surface area contributed by atoms with Crippen molar-refractivity contribution in [1.29, 1.82) is 0 Å². The molecule has 1 aliphatic carbocycles. The van der Waals surface area contributed by atoms with Crippen LogP contribution in [0.25, 0.3) is 0 Å². The van der Waals surface area contributed by atoms with E-state index in [1.165, 1.54) is 48.8 Å². The van der Waals surface area contributed by atoms with Crippen LogP contribution < -0.4 is 16.4 Å². The van der Waals surface area contributed by atoms with Crippen LogP contribution in [0.1, 0.15) is 48.8 Å². The molecular formula is C33H46N4. The van der Waals surface area contributed by atoms with Gasteiger partial charge in [-0.15, -0.1) is 0 Å². The lowest BCUT2D eigenvalue weighted by molar-refractivity contribution is 0.0159. The highest BCUT2D eigenvalue weighted by atomic mass is 15.2. The minimum Gasteiger partial charge on any atom is -0.329 e. The van der Waals surface area contributed by atoms with Crippen LogP contribution in [0.2, 0.25) is 0 Å². The molecule has 0 aliphatic heterocycles. The maximum atomic E-state index is 5.69. The smallest absolute Gasteiger partial charge is 0.0420 e. The molecule has 0 saturated heterocycles. The summed E-state index contributed by atoms with van der Waals surface area (Å²) in [6, 6.07) is 34.0. The molecule has 198 valence electrons. The Morgan fingerprint density at radius 1 is 0.649 bits per heavy atom. The van der Waals surface area contributed by atoms with Crippen molar-refractivity contribution in [1.82, 2.24) is 15.5 Å². The zero-order chi connectivity index (χ0) is 25.6. The molecule has 4 N–H and O–H groups in total. The SMILES string of the molecule is NCCNCCNCC(Cc1ccccc1)(Cc1ccccc1)N(Cc1ccccc1)C1CCCCC1. The molecule has 37 heavy (non-hydrogen) atoms. The summed E-state index contributed by atoms with van der Waals surface area (Å²) in [4.78, 5) is 2.90. The van der Waals surface area contributed by atoms with Crippen LogP contribution in [0, 0.1) is 0 Å². The minimum atomic E-state index is -0.0472. The van der Waals surface area contributed by atoms with Crippen molar-refractivity contribution in [2.24, 2.45) is 5.73 Å². The quantitative estimate of drug-likeness (QED) is 0.253. The first-order chi connectivity index (χ1) is 18.3. The van der Waals surface area contributed by atoms with Crippen LogP contribution in [0.5, 0.6) is 0 Å². The number of nitrogens with one attached hydrogen (secondary N) is 2. The second-order valence-corrected chi connectivity index (χ2v) is 10.7. The van der Waals surface area contributed by atoms with E-state index in [-0.39, 0.29) is 5.54 Å². The molecule has 0 atom stereocenters. The van der Waals surface area contributed by atoms with E-state index in [9.17, 15) is 0 Å². The predicted molar refractivity (Wildman–Crippen MR) is 157 cm³/mol. The van der Waals surface area contributed by atoms with Crippen molar-refractivity contribution in [2.75, 3.05) is 32.7 Å². The molecule has 4 heteroatoms. The lowest BCUT2D eigenvalue weighted by atomic mass is 9.79. The van der Waals surface area contributed by atoms with Crippen LogP contribution in [-0.4, -0.2) is 49.2 Å². The predicted octanol–water partition coefficient (Wildman–Crippen LogP) is 5.18. The van der Waals surface area contributed by atoms with Gasteiger partial charge < -0.3 is 16.4 Å². The number of nitrogens with zero attached hydrogens (tertiary/aromatic N) is 1. The molecule has 0 heterocycles. The summed E-state index contributed by atoms with van der Waals surface area (Å²) in [6.45, 7) is 5.35. The largest absolute Gasteiger partial charge is 0.329 e. The highest BCUT2D eigenvalue weighted by Crippen LogP contribution is 2.35. The van der Waals surface area contributed by atoms with Crippen LogP contribution in [0.15, 0.2) is 91.0 Å². The zero-order valence-electron chi connectivity index (χ0n) is 22.5. The summed E-state index contributed by atoms with van der Waals surface area (Å²) in [7, 11) is 0. The van der Waals surface area contributed by atoms with Crippen molar-refractivity contribution in [3.8, 4) is 0 Å².